The first-order valence-electron chi connectivity index (χ1n) is 6.29. The van der Waals surface area contributed by atoms with Crippen LogP contribution >= 0.6 is 0 Å². The zero-order valence-corrected chi connectivity index (χ0v) is 10.6. The molecular weight excluding hydrogens is 212 g/mol. The Hall–Kier alpha value is -1.35. The number of nitrogens with one attached hydrogen (secondary N) is 1. The molecule has 1 aliphatic heterocycles. The minimum Gasteiger partial charge on any atom is -0.496 e. The standard InChI is InChI=1S/C14H20N2O/c1-3-7-16-14(13-5-4-9-17-13)12-10-15-8-6-11(12)2/h5-6,8,10,14,16H,3-4,7,9H2,1-2H3. The first-order chi connectivity index (χ1) is 8.33. The lowest BCUT2D eigenvalue weighted by Gasteiger charge is -2.21. The van der Waals surface area contributed by atoms with Gasteiger partial charge in [0.15, 0.2) is 0 Å². The van der Waals surface area contributed by atoms with Crippen molar-refractivity contribution in [2.24, 2.45) is 0 Å². The predicted octanol–water partition coefficient (Wildman–Crippen LogP) is 2.73. The van der Waals surface area contributed by atoms with Gasteiger partial charge in [-0.25, -0.2) is 0 Å². The third-order valence-electron chi connectivity index (χ3n) is 3.01. The molecule has 3 nitrogen and oxygen atoms in total. The molecule has 3 heteroatoms. The molecule has 2 heterocycles. The van der Waals surface area contributed by atoms with Gasteiger partial charge >= 0.3 is 0 Å². The minimum absolute atomic E-state index is 0.158. The molecule has 0 fully saturated rings. The maximum atomic E-state index is 5.69. The molecule has 0 amide bonds. The van der Waals surface area contributed by atoms with Crippen molar-refractivity contribution in [1.82, 2.24) is 10.3 Å². The van der Waals surface area contributed by atoms with Crippen molar-refractivity contribution in [2.75, 3.05) is 13.2 Å². The molecule has 0 saturated heterocycles. The molecule has 92 valence electrons. The van der Waals surface area contributed by atoms with Crippen LogP contribution in [0, 0.1) is 6.92 Å². The molecule has 1 aromatic heterocycles. The number of aryl methyl sites for hydroxylation is 1. The maximum absolute atomic E-state index is 5.69. The highest BCUT2D eigenvalue weighted by molar-refractivity contribution is 5.31. The van der Waals surface area contributed by atoms with Crippen molar-refractivity contribution in [2.45, 2.75) is 32.7 Å². The molecule has 0 radical (unpaired) electrons. The lowest BCUT2D eigenvalue weighted by molar-refractivity contribution is 0.215. The predicted molar refractivity (Wildman–Crippen MR) is 68.7 cm³/mol. The Morgan fingerprint density at radius 2 is 2.41 bits per heavy atom. The van der Waals surface area contributed by atoms with E-state index in [1.165, 1.54) is 11.1 Å². The van der Waals surface area contributed by atoms with Crippen molar-refractivity contribution in [3.63, 3.8) is 0 Å². The van der Waals surface area contributed by atoms with Crippen LogP contribution in [0.5, 0.6) is 0 Å². The van der Waals surface area contributed by atoms with Gasteiger partial charge in [0.2, 0.25) is 0 Å². The van der Waals surface area contributed by atoms with Crippen LogP contribution in [0.15, 0.2) is 30.3 Å². The van der Waals surface area contributed by atoms with E-state index in [1.807, 2.05) is 18.5 Å². The third kappa shape index (κ3) is 2.86. The van der Waals surface area contributed by atoms with Gasteiger partial charge in [0.1, 0.15) is 5.76 Å². The van der Waals surface area contributed by atoms with E-state index in [0.29, 0.717) is 0 Å². The van der Waals surface area contributed by atoms with Gasteiger partial charge in [-0.2, -0.15) is 0 Å². The molecule has 1 aliphatic rings. The van der Waals surface area contributed by atoms with E-state index in [-0.39, 0.29) is 6.04 Å². The molecule has 1 aromatic rings. The van der Waals surface area contributed by atoms with Gasteiger partial charge in [-0.15, -0.1) is 0 Å². The number of ether oxygens (including phenoxy) is 1. The van der Waals surface area contributed by atoms with E-state index in [0.717, 1.165) is 31.8 Å². The summed E-state index contributed by atoms with van der Waals surface area (Å²) >= 11 is 0. The Balaban J connectivity index is 2.23. The zero-order valence-electron chi connectivity index (χ0n) is 10.6. The van der Waals surface area contributed by atoms with E-state index in [2.05, 4.69) is 30.2 Å². The SMILES string of the molecule is CCCNC(C1=CCCO1)c1cnccc1C. The summed E-state index contributed by atoms with van der Waals surface area (Å²) in [5.74, 6) is 1.05. The number of aromatic nitrogens is 1. The van der Waals surface area contributed by atoms with Crippen molar-refractivity contribution in [3.8, 4) is 0 Å². The van der Waals surface area contributed by atoms with E-state index in [1.54, 1.807) is 0 Å². The van der Waals surface area contributed by atoms with Crippen LogP contribution in [0.3, 0.4) is 0 Å². The third-order valence-corrected chi connectivity index (χ3v) is 3.01. The fourth-order valence-corrected chi connectivity index (χ4v) is 2.07. The van der Waals surface area contributed by atoms with Gasteiger partial charge in [0, 0.05) is 18.8 Å². The highest BCUT2D eigenvalue weighted by atomic mass is 16.5. The lowest BCUT2D eigenvalue weighted by atomic mass is 10.0. The fourth-order valence-electron chi connectivity index (χ4n) is 2.07. The Labute approximate surface area is 103 Å². The minimum atomic E-state index is 0.158. The van der Waals surface area contributed by atoms with Crippen molar-refractivity contribution in [3.05, 3.63) is 41.4 Å². The average molecular weight is 232 g/mol. The summed E-state index contributed by atoms with van der Waals surface area (Å²) in [6.45, 7) is 6.08. The maximum Gasteiger partial charge on any atom is 0.114 e. The van der Waals surface area contributed by atoms with Crippen molar-refractivity contribution in [1.29, 1.82) is 0 Å². The van der Waals surface area contributed by atoms with E-state index in [9.17, 15) is 0 Å². The molecule has 2 rings (SSSR count). The lowest BCUT2D eigenvalue weighted by Crippen LogP contribution is -2.25. The molecule has 0 aliphatic carbocycles. The quantitative estimate of drug-likeness (QED) is 0.847. The number of nitrogens with zero attached hydrogens (tertiary/aromatic N) is 1. The van der Waals surface area contributed by atoms with Crippen LogP contribution < -0.4 is 5.32 Å². The smallest absolute Gasteiger partial charge is 0.114 e. The molecule has 0 aromatic carbocycles. The van der Waals surface area contributed by atoms with Gasteiger partial charge < -0.3 is 10.1 Å². The van der Waals surface area contributed by atoms with Crippen molar-refractivity contribution < 1.29 is 4.74 Å². The van der Waals surface area contributed by atoms with Crippen LogP contribution in [-0.4, -0.2) is 18.1 Å². The summed E-state index contributed by atoms with van der Waals surface area (Å²) in [5.41, 5.74) is 2.47. The number of hydrogen-bond donors (Lipinski definition) is 1. The summed E-state index contributed by atoms with van der Waals surface area (Å²) in [4.78, 5) is 4.22. The fraction of sp³-hybridized carbons (Fsp3) is 0.500. The summed E-state index contributed by atoms with van der Waals surface area (Å²) in [6, 6.07) is 2.21. The van der Waals surface area contributed by atoms with E-state index in [4.69, 9.17) is 4.74 Å². The summed E-state index contributed by atoms with van der Waals surface area (Å²) in [7, 11) is 0. The second-order valence-corrected chi connectivity index (χ2v) is 4.36. The van der Waals surface area contributed by atoms with Gasteiger partial charge in [0.05, 0.1) is 12.6 Å². The molecule has 1 atom stereocenters. The van der Waals surface area contributed by atoms with E-state index >= 15 is 0 Å². The molecule has 0 bridgehead atoms. The van der Waals surface area contributed by atoms with Crippen LogP contribution in [0.4, 0.5) is 0 Å². The summed E-state index contributed by atoms with van der Waals surface area (Å²) in [5, 5.41) is 3.54. The van der Waals surface area contributed by atoms with Crippen LogP contribution in [-0.2, 0) is 4.74 Å². The topological polar surface area (TPSA) is 34.1 Å². The van der Waals surface area contributed by atoms with E-state index < -0.39 is 0 Å². The monoisotopic (exact) mass is 232 g/mol. The van der Waals surface area contributed by atoms with Crippen molar-refractivity contribution >= 4 is 0 Å². The Kier molecular flexibility index (Phi) is 4.15. The normalized spacial score (nSPS) is 16.5. The number of hydrogen-bond acceptors (Lipinski definition) is 3. The Bertz CT molecular complexity index is 401. The van der Waals surface area contributed by atoms with Gasteiger partial charge in [-0.05, 0) is 43.2 Å². The zero-order chi connectivity index (χ0) is 12.1. The Morgan fingerprint density at radius 3 is 3.06 bits per heavy atom. The second kappa shape index (κ2) is 5.82. The number of pyridine rings is 1. The van der Waals surface area contributed by atoms with Crippen LogP contribution in [0.1, 0.15) is 36.9 Å². The highest BCUT2D eigenvalue weighted by Gasteiger charge is 2.21. The first-order valence-corrected chi connectivity index (χ1v) is 6.29. The average Bonchev–Trinajstić information content (AvgIpc) is 2.85. The summed E-state index contributed by atoms with van der Waals surface area (Å²) in [6.07, 6.45) is 8.08. The van der Waals surface area contributed by atoms with Gasteiger partial charge in [-0.1, -0.05) is 6.92 Å². The molecule has 0 spiro atoms. The second-order valence-electron chi connectivity index (χ2n) is 4.36. The molecule has 1 N–H and O–H groups in total. The van der Waals surface area contributed by atoms with Crippen LogP contribution in [0.25, 0.3) is 0 Å². The summed E-state index contributed by atoms with van der Waals surface area (Å²) < 4.78 is 5.69. The first kappa shape index (κ1) is 12.1. The Morgan fingerprint density at radius 1 is 1.53 bits per heavy atom. The van der Waals surface area contributed by atoms with Crippen LogP contribution in [0.2, 0.25) is 0 Å². The molecule has 0 saturated carbocycles. The van der Waals surface area contributed by atoms with Gasteiger partial charge in [-0.3, -0.25) is 4.98 Å². The molecule has 1 unspecified atom stereocenters. The van der Waals surface area contributed by atoms with Gasteiger partial charge in [0.25, 0.3) is 0 Å². The molecule has 17 heavy (non-hydrogen) atoms. The highest BCUT2D eigenvalue weighted by Crippen LogP contribution is 2.27. The number of rotatable bonds is 5. The largest absolute Gasteiger partial charge is 0.496 e. The molecular formula is C14H20N2O.